The highest BCUT2D eigenvalue weighted by Gasteiger charge is 2.09. The number of aryl methyl sites for hydroxylation is 1. The molecule has 0 bridgehead atoms. The molecule has 3 nitrogen and oxygen atoms in total. The third kappa shape index (κ3) is 6.23. The van der Waals surface area contributed by atoms with Crippen LogP contribution in [0, 0.1) is 6.92 Å². The van der Waals surface area contributed by atoms with Crippen molar-refractivity contribution in [1.82, 2.24) is 5.32 Å². The van der Waals surface area contributed by atoms with Crippen LogP contribution in [0.25, 0.3) is 10.8 Å². The van der Waals surface area contributed by atoms with Gasteiger partial charge in [-0.1, -0.05) is 60.2 Å². The molecule has 0 aliphatic carbocycles. The van der Waals surface area contributed by atoms with E-state index in [1.807, 2.05) is 6.92 Å². The van der Waals surface area contributed by atoms with Crippen molar-refractivity contribution < 1.29 is 9.47 Å². The van der Waals surface area contributed by atoms with Crippen LogP contribution in [0.2, 0.25) is 0 Å². The normalized spacial score (nSPS) is 10.6. The third-order valence-electron chi connectivity index (χ3n) is 4.66. The monoisotopic (exact) mass is 399 g/mol. The van der Waals surface area contributed by atoms with Gasteiger partial charge in [0.1, 0.15) is 12.4 Å². The van der Waals surface area contributed by atoms with E-state index in [4.69, 9.17) is 9.47 Å². The molecular weight excluding hydrogens is 370 g/mol. The number of fused-ring (bicyclic) bond motifs is 1. The van der Waals surface area contributed by atoms with E-state index in [-0.39, 0.29) is 12.4 Å². The number of rotatable bonds is 10. The van der Waals surface area contributed by atoms with Crippen LogP contribution in [0.1, 0.15) is 30.0 Å². The highest BCUT2D eigenvalue weighted by molar-refractivity contribution is 5.87. The molecule has 0 radical (unpaired) electrons. The molecule has 3 rings (SSSR count). The van der Waals surface area contributed by atoms with E-state index >= 15 is 0 Å². The SMILES string of the molecule is CCOCCCNCc1c(OCc2ccc(C)cc2)ccc2ccccc12.Cl. The van der Waals surface area contributed by atoms with Crippen molar-refractivity contribution in [1.29, 1.82) is 0 Å². The first-order valence-electron chi connectivity index (χ1n) is 9.75. The summed E-state index contributed by atoms with van der Waals surface area (Å²) in [6.45, 7) is 8.01. The first-order valence-corrected chi connectivity index (χ1v) is 9.75. The minimum atomic E-state index is 0. The molecule has 150 valence electrons. The zero-order valence-corrected chi connectivity index (χ0v) is 17.6. The largest absolute Gasteiger partial charge is 0.489 e. The van der Waals surface area contributed by atoms with Crippen LogP contribution in [0.3, 0.4) is 0 Å². The third-order valence-corrected chi connectivity index (χ3v) is 4.66. The molecule has 0 spiro atoms. The van der Waals surface area contributed by atoms with Crippen LogP contribution < -0.4 is 10.1 Å². The van der Waals surface area contributed by atoms with Crippen molar-refractivity contribution in [3.05, 3.63) is 77.4 Å². The number of nitrogens with one attached hydrogen (secondary N) is 1. The fraction of sp³-hybridized carbons (Fsp3) is 0.333. The van der Waals surface area contributed by atoms with E-state index in [0.717, 1.165) is 38.5 Å². The quantitative estimate of drug-likeness (QED) is 0.446. The molecule has 0 aliphatic heterocycles. The molecule has 0 unspecified atom stereocenters. The first kappa shape index (κ1) is 22.2. The zero-order valence-electron chi connectivity index (χ0n) is 16.7. The maximum absolute atomic E-state index is 6.20. The van der Waals surface area contributed by atoms with Gasteiger partial charge in [0.25, 0.3) is 0 Å². The Kier molecular flexibility index (Phi) is 9.29. The van der Waals surface area contributed by atoms with E-state index in [1.165, 1.54) is 27.5 Å². The fourth-order valence-electron chi connectivity index (χ4n) is 3.14. The molecule has 3 aromatic carbocycles. The van der Waals surface area contributed by atoms with Gasteiger partial charge in [-0.2, -0.15) is 0 Å². The Morgan fingerprint density at radius 3 is 2.50 bits per heavy atom. The van der Waals surface area contributed by atoms with E-state index in [2.05, 4.69) is 72.9 Å². The van der Waals surface area contributed by atoms with E-state index in [0.29, 0.717) is 6.61 Å². The number of hydrogen-bond acceptors (Lipinski definition) is 3. The molecule has 28 heavy (non-hydrogen) atoms. The molecule has 0 heterocycles. The van der Waals surface area contributed by atoms with Gasteiger partial charge in [-0.25, -0.2) is 0 Å². The van der Waals surface area contributed by atoms with Gasteiger partial charge in [-0.15, -0.1) is 12.4 Å². The van der Waals surface area contributed by atoms with Gasteiger partial charge >= 0.3 is 0 Å². The summed E-state index contributed by atoms with van der Waals surface area (Å²) in [4.78, 5) is 0. The summed E-state index contributed by atoms with van der Waals surface area (Å²) in [7, 11) is 0. The Bertz CT molecular complexity index is 849. The van der Waals surface area contributed by atoms with Gasteiger partial charge < -0.3 is 14.8 Å². The van der Waals surface area contributed by atoms with Crippen LogP contribution in [-0.2, 0) is 17.9 Å². The van der Waals surface area contributed by atoms with Gasteiger partial charge in [0, 0.05) is 25.3 Å². The van der Waals surface area contributed by atoms with Crippen LogP contribution in [0.4, 0.5) is 0 Å². The van der Waals surface area contributed by atoms with Crippen molar-refractivity contribution in [2.75, 3.05) is 19.8 Å². The van der Waals surface area contributed by atoms with Gasteiger partial charge in [0.15, 0.2) is 0 Å². The van der Waals surface area contributed by atoms with Crippen molar-refractivity contribution in [3.63, 3.8) is 0 Å². The Morgan fingerprint density at radius 1 is 0.929 bits per heavy atom. The number of ether oxygens (including phenoxy) is 2. The van der Waals surface area contributed by atoms with Crippen LogP contribution in [0.5, 0.6) is 5.75 Å². The summed E-state index contributed by atoms with van der Waals surface area (Å²) in [5, 5.41) is 6.03. The summed E-state index contributed by atoms with van der Waals surface area (Å²) in [6, 6.07) is 21.2. The van der Waals surface area contributed by atoms with Crippen LogP contribution >= 0.6 is 12.4 Å². The Labute approximate surface area is 174 Å². The molecule has 0 atom stereocenters. The zero-order chi connectivity index (χ0) is 18.9. The highest BCUT2D eigenvalue weighted by atomic mass is 35.5. The van der Waals surface area contributed by atoms with E-state index < -0.39 is 0 Å². The molecule has 0 fully saturated rings. The Balaban J connectivity index is 0.00000280. The average Bonchev–Trinajstić information content (AvgIpc) is 2.70. The lowest BCUT2D eigenvalue weighted by Gasteiger charge is -2.15. The van der Waals surface area contributed by atoms with Crippen molar-refractivity contribution in [2.45, 2.75) is 33.4 Å². The second-order valence-corrected chi connectivity index (χ2v) is 6.76. The minimum absolute atomic E-state index is 0. The molecule has 4 heteroatoms. The first-order chi connectivity index (χ1) is 13.3. The maximum atomic E-state index is 6.20. The smallest absolute Gasteiger partial charge is 0.124 e. The predicted octanol–water partition coefficient (Wildman–Crippen LogP) is 5.67. The van der Waals surface area contributed by atoms with Crippen molar-refractivity contribution in [3.8, 4) is 5.75 Å². The molecule has 0 amide bonds. The summed E-state index contributed by atoms with van der Waals surface area (Å²) >= 11 is 0. The molecule has 0 saturated carbocycles. The standard InChI is InChI=1S/C24H29NO2.ClH/c1-3-26-16-6-15-25-17-23-22-8-5-4-7-21(22)13-14-24(23)27-18-20-11-9-19(2)10-12-20;/h4-5,7-14,25H,3,6,15-18H2,1-2H3;1H. The number of halogens is 1. The summed E-state index contributed by atoms with van der Waals surface area (Å²) in [6.07, 6.45) is 1.01. The van der Waals surface area contributed by atoms with Crippen LogP contribution in [0.15, 0.2) is 60.7 Å². The Morgan fingerprint density at radius 2 is 1.71 bits per heavy atom. The molecule has 0 saturated heterocycles. The summed E-state index contributed by atoms with van der Waals surface area (Å²) < 4.78 is 11.6. The van der Waals surface area contributed by atoms with Crippen molar-refractivity contribution in [2.24, 2.45) is 0 Å². The minimum Gasteiger partial charge on any atom is -0.489 e. The lowest BCUT2D eigenvalue weighted by Crippen LogP contribution is -2.17. The highest BCUT2D eigenvalue weighted by Crippen LogP contribution is 2.28. The summed E-state index contributed by atoms with van der Waals surface area (Å²) in [5.41, 5.74) is 3.67. The maximum Gasteiger partial charge on any atom is 0.124 e. The lowest BCUT2D eigenvalue weighted by atomic mass is 10.0. The van der Waals surface area contributed by atoms with Crippen LogP contribution in [-0.4, -0.2) is 19.8 Å². The van der Waals surface area contributed by atoms with Crippen molar-refractivity contribution >= 4 is 23.2 Å². The predicted molar refractivity (Wildman–Crippen MR) is 120 cm³/mol. The second kappa shape index (κ2) is 11.7. The molecule has 0 aromatic heterocycles. The molecule has 1 N–H and O–H groups in total. The summed E-state index contributed by atoms with van der Waals surface area (Å²) in [5.74, 6) is 0.951. The topological polar surface area (TPSA) is 30.5 Å². The Hall–Kier alpha value is -2.07. The fourth-order valence-corrected chi connectivity index (χ4v) is 3.14. The number of benzene rings is 3. The van der Waals surface area contributed by atoms with Gasteiger partial charge in [-0.3, -0.25) is 0 Å². The van der Waals surface area contributed by atoms with Gasteiger partial charge in [-0.05, 0) is 49.2 Å². The number of hydrogen-bond donors (Lipinski definition) is 1. The lowest BCUT2D eigenvalue weighted by molar-refractivity contribution is 0.144. The molecule has 0 aliphatic rings. The molecular formula is C24H30ClNO2. The van der Waals surface area contributed by atoms with E-state index in [1.54, 1.807) is 0 Å². The average molecular weight is 400 g/mol. The van der Waals surface area contributed by atoms with Gasteiger partial charge in [0.2, 0.25) is 0 Å². The van der Waals surface area contributed by atoms with Gasteiger partial charge in [0.05, 0.1) is 0 Å². The molecule has 3 aromatic rings. The van der Waals surface area contributed by atoms with E-state index in [9.17, 15) is 0 Å². The second-order valence-electron chi connectivity index (χ2n) is 6.76.